The lowest BCUT2D eigenvalue weighted by atomic mass is 9.81. The zero-order valence-electron chi connectivity index (χ0n) is 9.62. The van der Waals surface area contributed by atoms with Gasteiger partial charge in [-0.3, -0.25) is 0 Å². The van der Waals surface area contributed by atoms with Gasteiger partial charge in [-0.15, -0.1) is 0 Å². The molecule has 1 aromatic carbocycles. The van der Waals surface area contributed by atoms with Crippen LogP contribution >= 0.6 is 0 Å². The number of hydrogen-bond donors (Lipinski definition) is 1. The second-order valence-electron chi connectivity index (χ2n) is 5.03. The Hall–Kier alpha value is -1.08. The van der Waals surface area contributed by atoms with E-state index >= 15 is 0 Å². The molecule has 0 saturated heterocycles. The molecule has 0 amide bonds. The first-order chi connectivity index (χ1) is 7.02. The molecule has 0 aromatic heterocycles. The zero-order valence-corrected chi connectivity index (χ0v) is 9.62. The SMILES string of the molecule is CC1=C(c2ccccc2)C(C)(C)C[C@@H]1O. The standard InChI is InChI=1S/C14H18O/c1-10-12(15)9-14(2,3)13(10)11-7-5-4-6-8-11/h4-8,12,15H,9H2,1-3H3/t12-/m0/s1. The van der Waals surface area contributed by atoms with Crippen molar-refractivity contribution in [1.29, 1.82) is 0 Å². The quantitative estimate of drug-likeness (QED) is 0.741. The Labute approximate surface area is 91.4 Å². The first-order valence-electron chi connectivity index (χ1n) is 5.47. The molecule has 0 spiro atoms. The molecule has 1 aliphatic rings. The van der Waals surface area contributed by atoms with Gasteiger partial charge in [-0.25, -0.2) is 0 Å². The number of rotatable bonds is 1. The number of hydrogen-bond acceptors (Lipinski definition) is 1. The van der Waals surface area contributed by atoms with Crippen LogP contribution < -0.4 is 0 Å². The van der Waals surface area contributed by atoms with Crippen molar-refractivity contribution < 1.29 is 5.11 Å². The minimum absolute atomic E-state index is 0.0881. The smallest absolute Gasteiger partial charge is 0.0761 e. The fraction of sp³-hybridized carbons (Fsp3) is 0.429. The van der Waals surface area contributed by atoms with Crippen LogP contribution in [-0.4, -0.2) is 11.2 Å². The summed E-state index contributed by atoms with van der Waals surface area (Å²) < 4.78 is 0. The third-order valence-corrected chi connectivity index (χ3v) is 3.34. The highest BCUT2D eigenvalue weighted by atomic mass is 16.3. The molecular weight excluding hydrogens is 184 g/mol. The van der Waals surface area contributed by atoms with E-state index in [0.717, 1.165) is 12.0 Å². The molecule has 80 valence electrons. The summed E-state index contributed by atoms with van der Waals surface area (Å²) >= 11 is 0. The van der Waals surface area contributed by atoms with E-state index in [-0.39, 0.29) is 11.5 Å². The van der Waals surface area contributed by atoms with Gasteiger partial charge in [-0.1, -0.05) is 44.2 Å². The molecule has 1 N–H and O–H groups in total. The van der Waals surface area contributed by atoms with Crippen LogP contribution in [0.3, 0.4) is 0 Å². The van der Waals surface area contributed by atoms with E-state index in [9.17, 15) is 5.11 Å². The van der Waals surface area contributed by atoms with E-state index in [0.29, 0.717) is 0 Å². The van der Waals surface area contributed by atoms with Crippen LogP contribution in [0.4, 0.5) is 0 Å². The average Bonchev–Trinajstić information content (AvgIpc) is 2.37. The maximum atomic E-state index is 9.91. The lowest BCUT2D eigenvalue weighted by molar-refractivity contribution is 0.184. The maximum absolute atomic E-state index is 9.91. The molecule has 1 aliphatic carbocycles. The summed E-state index contributed by atoms with van der Waals surface area (Å²) in [6.07, 6.45) is 0.568. The van der Waals surface area contributed by atoms with Crippen molar-refractivity contribution in [3.63, 3.8) is 0 Å². The van der Waals surface area contributed by atoms with Crippen molar-refractivity contribution >= 4 is 5.57 Å². The molecule has 1 nitrogen and oxygen atoms in total. The van der Waals surface area contributed by atoms with Gasteiger partial charge in [0.05, 0.1) is 6.10 Å². The van der Waals surface area contributed by atoms with Crippen molar-refractivity contribution in [3.05, 3.63) is 41.5 Å². The second-order valence-corrected chi connectivity index (χ2v) is 5.03. The van der Waals surface area contributed by atoms with Gasteiger partial charge >= 0.3 is 0 Å². The van der Waals surface area contributed by atoms with Crippen LogP contribution in [0.15, 0.2) is 35.9 Å². The Balaban J connectivity index is 2.52. The van der Waals surface area contributed by atoms with Gasteiger partial charge in [0.1, 0.15) is 0 Å². The molecule has 15 heavy (non-hydrogen) atoms. The number of allylic oxidation sites excluding steroid dienone is 1. The van der Waals surface area contributed by atoms with Gasteiger partial charge < -0.3 is 5.11 Å². The Bertz CT molecular complexity index is 387. The summed E-state index contributed by atoms with van der Waals surface area (Å²) in [5.41, 5.74) is 3.78. The van der Waals surface area contributed by atoms with Crippen LogP contribution in [0.1, 0.15) is 32.8 Å². The minimum atomic E-state index is -0.268. The molecule has 0 unspecified atom stereocenters. The molecule has 0 saturated carbocycles. The fourth-order valence-electron chi connectivity index (χ4n) is 2.66. The topological polar surface area (TPSA) is 20.2 Å². The van der Waals surface area contributed by atoms with Crippen LogP contribution in [-0.2, 0) is 0 Å². The van der Waals surface area contributed by atoms with Crippen molar-refractivity contribution in [2.24, 2.45) is 5.41 Å². The summed E-state index contributed by atoms with van der Waals surface area (Å²) in [5.74, 6) is 0. The highest BCUT2D eigenvalue weighted by molar-refractivity contribution is 5.75. The summed E-state index contributed by atoms with van der Waals surface area (Å²) in [6, 6.07) is 10.4. The van der Waals surface area contributed by atoms with Gasteiger partial charge in [0, 0.05) is 0 Å². The highest BCUT2D eigenvalue weighted by Crippen LogP contribution is 2.47. The molecule has 0 heterocycles. The van der Waals surface area contributed by atoms with E-state index in [4.69, 9.17) is 0 Å². The number of benzene rings is 1. The predicted octanol–water partition coefficient (Wildman–Crippen LogP) is 3.25. The van der Waals surface area contributed by atoms with Crippen molar-refractivity contribution in [2.75, 3.05) is 0 Å². The largest absolute Gasteiger partial charge is 0.389 e. The Morgan fingerprint density at radius 3 is 2.27 bits per heavy atom. The molecule has 0 fully saturated rings. The molecule has 0 bridgehead atoms. The molecule has 0 radical (unpaired) electrons. The Morgan fingerprint density at radius 1 is 1.20 bits per heavy atom. The van der Waals surface area contributed by atoms with E-state index < -0.39 is 0 Å². The van der Waals surface area contributed by atoms with E-state index in [1.807, 2.05) is 13.0 Å². The van der Waals surface area contributed by atoms with Crippen LogP contribution in [0.5, 0.6) is 0 Å². The lowest BCUT2D eigenvalue weighted by Gasteiger charge is -2.23. The zero-order chi connectivity index (χ0) is 11.1. The van der Waals surface area contributed by atoms with Crippen LogP contribution in [0, 0.1) is 5.41 Å². The van der Waals surface area contributed by atoms with Gasteiger partial charge in [0.25, 0.3) is 0 Å². The van der Waals surface area contributed by atoms with Crippen molar-refractivity contribution in [3.8, 4) is 0 Å². The summed E-state index contributed by atoms with van der Waals surface area (Å²) in [6.45, 7) is 6.45. The minimum Gasteiger partial charge on any atom is -0.389 e. The van der Waals surface area contributed by atoms with Crippen LogP contribution in [0.2, 0.25) is 0 Å². The first-order valence-corrected chi connectivity index (χ1v) is 5.47. The Kier molecular flexibility index (Phi) is 2.43. The second kappa shape index (κ2) is 3.49. The van der Waals surface area contributed by atoms with Crippen molar-refractivity contribution in [1.82, 2.24) is 0 Å². The Morgan fingerprint density at radius 2 is 1.80 bits per heavy atom. The first kappa shape index (κ1) is 10.4. The van der Waals surface area contributed by atoms with E-state index in [1.165, 1.54) is 11.1 Å². The summed E-state index contributed by atoms with van der Waals surface area (Å²) in [7, 11) is 0. The monoisotopic (exact) mass is 202 g/mol. The normalized spacial score (nSPS) is 24.7. The lowest BCUT2D eigenvalue weighted by Crippen LogP contribution is -2.12. The molecular formula is C14H18O. The van der Waals surface area contributed by atoms with Gasteiger partial charge in [-0.2, -0.15) is 0 Å². The fourth-order valence-corrected chi connectivity index (χ4v) is 2.66. The number of aliphatic hydroxyl groups is 1. The van der Waals surface area contributed by atoms with Gasteiger partial charge in [-0.05, 0) is 35.5 Å². The molecule has 0 aliphatic heterocycles. The summed E-state index contributed by atoms with van der Waals surface area (Å²) in [5, 5.41) is 9.91. The van der Waals surface area contributed by atoms with E-state index in [2.05, 4.69) is 38.1 Å². The third kappa shape index (κ3) is 1.72. The van der Waals surface area contributed by atoms with Crippen molar-refractivity contribution in [2.45, 2.75) is 33.3 Å². The highest BCUT2D eigenvalue weighted by Gasteiger charge is 2.36. The molecule has 1 heteroatoms. The molecule has 2 rings (SSSR count). The van der Waals surface area contributed by atoms with Crippen LogP contribution in [0.25, 0.3) is 5.57 Å². The van der Waals surface area contributed by atoms with Gasteiger partial charge in [0.2, 0.25) is 0 Å². The molecule has 1 atom stereocenters. The predicted molar refractivity (Wildman–Crippen MR) is 63.4 cm³/mol. The molecule has 1 aromatic rings. The number of aliphatic hydroxyl groups excluding tert-OH is 1. The van der Waals surface area contributed by atoms with Gasteiger partial charge in [0.15, 0.2) is 0 Å². The maximum Gasteiger partial charge on any atom is 0.0761 e. The third-order valence-electron chi connectivity index (χ3n) is 3.34. The average molecular weight is 202 g/mol. The summed E-state index contributed by atoms with van der Waals surface area (Å²) in [4.78, 5) is 0. The van der Waals surface area contributed by atoms with E-state index in [1.54, 1.807) is 0 Å².